The fraction of sp³-hybridized carbons (Fsp3) is 0.861. The van der Waals surface area contributed by atoms with Crippen molar-refractivity contribution >= 4 is 5.91 Å². The minimum absolute atomic E-state index is 0.237. The topological polar surface area (TPSA) is 228 Å². The highest BCUT2D eigenvalue weighted by Gasteiger charge is 2.51. The Kier molecular flexibility index (Phi) is 58.9. The molecular weight excluding hydrogens is 1170 g/mol. The molecule has 2 rings (SSSR count). The lowest BCUT2D eigenvalue weighted by Crippen LogP contribution is -2.65. The summed E-state index contributed by atoms with van der Waals surface area (Å²) in [6, 6.07) is -0.919. The number of carbonyl (C=O) groups is 1. The second-order valence-corrected chi connectivity index (χ2v) is 27.5. The van der Waals surface area contributed by atoms with Crippen LogP contribution in [0.25, 0.3) is 0 Å². The number of hydrogen-bond acceptors (Lipinski definition) is 13. The first kappa shape index (κ1) is 86.8. The molecule has 2 aliphatic heterocycles. The second kappa shape index (κ2) is 63.2. The van der Waals surface area contributed by atoms with Gasteiger partial charge in [-0.2, -0.15) is 0 Å². The third-order valence-corrected chi connectivity index (χ3v) is 19.0. The first-order chi connectivity index (χ1) is 45.6. The quantitative estimate of drug-likeness (QED) is 0.0204. The predicted molar refractivity (Wildman–Crippen MR) is 383 cm³/mol. The van der Waals surface area contributed by atoms with Crippen LogP contribution >= 0.6 is 0 Å². The van der Waals surface area contributed by atoms with Crippen LogP contribution in [-0.4, -0.2) is 140 Å². The van der Waals surface area contributed by atoms with Gasteiger partial charge in [-0.15, -0.1) is 0 Å². The molecule has 0 aromatic carbocycles. The van der Waals surface area contributed by atoms with Gasteiger partial charge in [0.2, 0.25) is 5.91 Å². The lowest BCUT2D eigenvalue weighted by Gasteiger charge is -2.46. The summed E-state index contributed by atoms with van der Waals surface area (Å²) in [6.07, 6.45) is 68.6. The molecule has 544 valence electrons. The van der Waals surface area contributed by atoms with Crippen molar-refractivity contribution in [2.24, 2.45) is 0 Å². The Balaban J connectivity index is 1.63. The standard InChI is InChI=1S/C79H145NO13/c1-3-5-7-9-11-13-15-17-19-21-23-25-27-29-31-32-33-34-35-37-38-40-42-44-46-48-50-52-54-56-58-60-62-68(83)67(66-90-78-76(89)74(87)77(70(65-82)92-78)93-79-75(88)73(86)72(85)69(64-81)91-79)80-71(84)63-61-59-57-55-53-51-49-47-45-43-41-39-36-30-28-26-24-22-20-18-16-14-12-10-8-6-4-2/h6,8,12,14,18,20,24,26,60,62,67-70,72-79,81-83,85-89H,3-5,7,9-11,13,15-17,19,21-23,25,27-59,61,63-66H2,1-2H3,(H,80,84)/b8-6-,14-12-,20-18-,26-24-,62-60+. The first-order valence-corrected chi connectivity index (χ1v) is 39.0. The van der Waals surface area contributed by atoms with Crippen LogP contribution in [0.2, 0.25) is 0 Å². The van der Waals surface area contributed by atoms with Crippen molar-refractivity contribution in [3.63, 3.8) is 0 Å². The molecule has 0 saturated carbocycles. The van der Waals surface area contributed by atoms with E-state index in [9.17, 15) is 45.6 Å². The number of ether oxygens (including phenoxy) is 4. The molecule has 0 aromatic heterocycles. The number of amides is 1. The predicted octanol–water partition coefficient (Wildman–Crippen LogP) is 17.2. The Hall–Kier alpha value is -2.31. The molecule has 93 heavy (non-hydrogen) atoms. The van der Waals surface area contributed by atoms with E-state index in [1.165, 1.54) is 250 Å². The van der Waals surface area contributed by atoms with E-state index in [2.05, 4.69) is 67.8 Å². The van der Waals surface area contributed by atoms with Crippen LogP contribution in [0.15, 0.2) is 60.8 Å². The van der Waals surface area contributed by atoms with Gasteiger partial charge in [-0.1, -0.05) is 338 Å². The fourth-order valence-electron chi connectivity index (χ4n) is 12.8. The van der Waals surface area contributed by atoms with Gasteiger partial charge in [0.15, 0.2) is 12.6 Å². The Morgan fingerprint density at radius 2 is 0.742 bits per heavy atom. The maximum absolute atomic E-state index is 13.4. The van der Waals surface area contributed by atoms with Crippen LogP contribution in [0.1, 0.15) is 341 Å². The van der Waals surface area contributed by atoms with Gasteiger partial charge in [0.25, 0.3) is 0 Å². The van der Waals surface area contributed by atoms with E-state index in [4.69, 9.17) is 18.9 Å². The molecule has 14 heteroatoms. The fourth-order valence-corrected chi connectivity index (χ4v) is 12.8. The highest BCUT2D eigenvalue weighted by Crippen LogP contribution is 2.30. The Labute approximate surface area is 568 Å². The number of rotatable bonds is 65. The average molecular weight is 1320 g/mol. The summed E-state index contributed by atoms with van der Waals surface area (Å²) in [4.78, 5) is 13.4. The zero-order chi connectivity index (χ0) is 67.3. The summed E-state index contributed by atoms with van der Waals surface area (Å²) in [7, 11) is 0. The molecule has 0 aromatic rings. The second-order valence-electron chi connectivity index (χ2n) is 27.5. The number of aliphatic hydroxyl groups is 8. The third-order valence-electron chi connectivity index (χ3n) is 19.0. The smallest absolute Gasteiger partial charge is 0.220 e. The normalized spacial score (nSPS) is 22.9. The lowest BCUT2D eigenvalue weighted by atomic mass is 9.97. The van der Waals surface area contributed by atoms with Gasteiger partial charge in [-0.05, 0) is 57.8 Å². The number of nitrogens with one attached hydrogen (secondary N) is 1. The molecule has 2 saturated heterocycles. The third kappa shape index (κ3) is 46.6. The minimum atomic E-state index is -1.79. The van der Waals surface area contributed by atoms with E-state index in [0.29, 0.717) is 6.42 Å². The summed E-state index contributed by atoms with van der Waals surface area (Å²) >= 11 is 0. The van der Waals surface area contributed by atoms with E-state index in [-0.39, 0.29) is 18.9 Å². The van der Waals surface area contributed by atoms with Gasteiger partial charge in [0, 0.05) is 6.42 Å². The molecule has 0 radical (unpaired) electrons. The van der Waals surface area contributed by atoms with Crippen LogP contribution in [0.5, 0.6) is 0 Å². The van der Waals surface area contributed by atoms with Crippen molar-refractivity contribution in [3.05, 3.63) is 60.8 Å². The maximum atomic E-state index is 13.4. The number of hydrogen-bond donors (Lipinski definition) is 9. The largest absolute Gasteiger partial charge is 0.394 e. The monoisotopic (exact) mass is 1320 g/mol. The van der Waals surface area contributed by atoms with E-state index in [0.717, 1.165) is 64.2 Å². The molecule has 12 atom stereocenters. The van der Waals surface area contributed by atoms with Crippen molar-refractivity contribution in [2.45, 2.75) is 415 Å². The van der Waals surface area contributed by atoms with Crippen molar-refractivity contribution in [1.82, 2.24) is 5.32 Å². The van der Waals surface area contributed by atoms with E-state index < -0.39 is 86.8 Å². The molecule has 0 bridgehead atoms. The highest BCUT2D eigenvalue weighted by atomic mass is 16.7. The lowest BCUT2D eigenvalue weighted by molar-refractivity contribution is -0.359. The van der Waals surface area contributed by atoms with Crippen LogP contribution in [0.3, 0.4) is 0 Å². The molecular formula is C79H145NO13. The SMILES string of the molecule is CC/C=C\C/C=C\C/C=C\C/C=C\CCCCCCCCCCCCCCCCC(=O)NC(COC1OC(CO)C(OC2OC(CO)C(O)C(O)C2O)C(O)C1O)C(O)/C=C/CCCCCCCCCCCCCCCCCCCCCCCCCCCCCCCC. The van der Waals surface area contributed by atoms with Gasteiger partial charge in [0.05, 0.1) is 32.0 Å². The molecule has 0 aliphatic carbocycles. The van der Waals surface area contributed by atoms with Crippen LogP contribution in [0, 0.1) is 0 Å². The summed E-state index contributed by atoms with van der Waals surface area (Å²) in [5.74, 6) is -0.237. The molecule has 0 spiro atoms. The number of allylic oxidation sites excluding steroid dienone is 9. The van der Waals surface area contributed by atoms with Crippen molar-refractivity contribution < 1.29 is 64.6 Å². The van der Waals surface area contributed by atoms with Crippen LogP contribution in [-0.2, 0) is 23.7 Å². The van der Waals surface area contributed by atoms with Gasteiger partial charge in [-0.25, -0.2) is 0 Å². The molecule has 9 N–H and O–H groups in total. The highest BCUT2D eigenvalue weighted by molar-refractivity contribution is 5.76. The van der Waals surface area contributed by atoms with Gasteiger partial charge < -0.3 is 65.1 Å². The van der Waals surface area contributed by atoms with Crippen molar-refractivity contribution in [3.8, 4) is 0 Å². The Morgan fingerprint density at radius 3 is 1.14 bits per heavy atom. The van der Waals surface area contributed by atoms with E-state index in [1.807, 2.05) is 6.08 Å². The van der Waals surface area contributed by atoms with Gasteiger partial charge in [-0.3, -0.25) is 4.79 Å². The van der Waals surface area contributed by atoms with Crippen LogP contribution in [0.4, 0.5) is 0 Å². The summed E-state index contributed by atoms with van der Waals surface area (Å²) in [5.41, 5.74) is 0. The van der Waals surface area contributed by atoms with E-state index in [1.54, 1.807) is 6.08 Å². The summed E-state index contributed by atoms with van der Waals surface area (Å²) in [6.45, 7) is 2.74. The summed E-state index contributed by atoms with van der Waals surface area (Å²) in [5, 5.41) is 87.7. The molecule has 2 aliphatic rings. The zero-order valence-electron chi connectivity index (χ0n) is 59.5. The zero-order valence-corrected chi connectivity index (χ0v) is 59.5. The number of carbonyl (C=O) groups excluding carboxylic acids is 1. The van der Waals surface area contributed by atoms with Crippen molar-refractivity contribution in [1.29, 1.82) is 0 Å². The number of aliphatic hydroxyl groups excluding tert-OH is 8. The van der Waals surface area contributed by atoms with Gasteiger partial charge in [0.1, 0.15) is 48.8 Å². The summed E-state index contributed by atoms with van der Waals surface area (Å²) < 4.78 is 22.9. The molecule has 2 fully saturated rings. The first-order valence-electron chi connectivity index (χ1n) is 39.0. The minimum Gasteiger partial charge on any atom is -0.394 e. The van der Waals surface area contributed by atoms with Crippen molar-refractivity contribution in [2.75, 3.05) is 19.8 Å². The molecule has 14 nitrogen and oxygen atoms in total. The molecule has 1 amide bonds. The average Bonchev–Trinajstić information content (AvgIpc) is 0.854. The number of unbranched alkanes of at least 4 members (excludes halogenated alkanes) is 44. The Bertz CT molecular complexity index is 1790. The maximum Gasteiger partial charge on any atom is 0.220 e. The molecule has 12 unspecified atom stereocenters. The molecule has 2 heterocycles. The Morgan fingerprint density at radius 1 is 0.398 bits per heavy atom. The van der Waals surface area contributed by atoms with Gasteiger partial charge >= 0.3 is 0 Å². The van der Waals surface area contributed by atoms with E-state index >= 15 is 0 Å². The van der Waals surface area contributed by atoms with Crippen LogP contribution < -0.4 is 5.32 Å².